The van der Waals surface area contributed by atoms with Gasteiger partial charge in [0.25, 0.3) is 7.82 Å². The van der Waals surface area contributed by atoms with Crippen LogP contribution in [0.2, 0.25) is 0 Å². The Labute approximate surface area is 353 Å². The molecule has 0 aromatic carbocycles. The van der Waals surface area contributed by atoms with Crippen molar-refractivity contribution in [3.05, 3.63) is 85.1 Å². The van der Waals surface area contributed by atoms with Crippen molar-refractivity contribution in [2.45, 2.75) is 167 Å². The van der Waals surface area contributed by atoms with Crippen molar-refractivity contribution in [2.24, 2.45) is 0 Å². The Morgan fingerprint density at radius 3 is 1.86 bits per heavy atom. The number of aliphatic hydroxyl groups excluding tert-OH is 3. The Bertz CT molecular complexity index is 1250. The summed E-state index contributed by atoms with van der Waals surface area (Å²) in [5.74, 6) is -0.340. The molecule has 0 saturated heterocycles. The van der Waals surface area contributed by atoms with Crippen LogP contribution in [0.3, 0.4) is 0 Å². The number of carbonyl (C=O) groups excluding carboxylic acids is 1. The minimum Gasteiger partial charge on any atom is -0.756 e. The lowest BCUT2D eigenvalue weighted by molar-refractivity contribution is -0.870. The van der Waals surface area contributed by atoms with Crippen molar-refractivity contribution in [2.75, 3.05) is 40.9 Å². The van der Waals surface area contributed by atoms with Crippen LogP contribution < -0.4 is 10.2 Å². The zero-order chi connectivity index (χ0) is 43.2. The Morgan fingerprint density at radius 1 is 0.690 bits per heavy atom. The molecule has 0 aliphatic heterocycles. The summed E-state index contributed by atoms with van der Waals surface area (Å²) in [6, 6.07) is -0.979. The molecule has 10 nitrogen and oxygen atoms in total. The fourth-order valence-corrected chi connectivity index (χ4v) is 6.44. The number of carbonyl (C=O) groups is 1. The zero-order valence-corrected chi connectivity index (χ0v) is 37.8. The minimum absolute atomic E-state index is 0.0435. The van der Waals surface area contributed by atoms with Crippen LogP contribution in [0.4, 0.5) is 0 Å². The van der Waals surface area contributed by atoms with Crippen LogP contribution in [0.25, 0.3) is 0 Å². The number of unbranched alkanes of at least 4 members (excludes halogenated alkanes) is 14. The summed E-state index contributed by atoms with van der Waals surface area (Å²) in [4.78, 5) is 25.3. The second-order valence-corrected chi connectivity index (χ2v) is 17.5. The molecule has 0 saturated carbocycles. The van der Waals surface area contributed by atoms with Crippen molar-refractivity contribution < 1.29 is 43.1 Å². The Balaban J connectivity index is 4.73. The van der Waals surface area contributed by atoms with Gasteiger partial charge in [0.05, 0.1) is 52.1 Å². The van der Waals surface area contributed by atoms with Crippen molar-refractivity contribution >= 4 is 13.7 Å². The summed E-state index contributed by atoms with van der Waals surface area (Å²) in [6.07, 6.45) is 44.1. The molecule has 1 amide bonds. The number of quaternary nitrogens is 1. The summed E-state index contributed by atoms with van der Waals surface area (Å²) >= 11 is 0. The van der Waals surface area contributed by atoms with Crippen LogP contribution in [-0.4, -0.2) is 91.0 Å². The largest absolute Gasteiger partial charge is 0.756 e. The number of likely N-dealkylation sites (N-methyl/N-ethyl adjacent to an activating group) is 1. The predicted molar refractivity (Wildman–Crippen MR) is 240 cm³/mol. The van der Waals surface area contributed by atoms with Gasteiger partial charge in [0, 0.05) is 6.42 Å². The number of phosphoric acid groups is 1. The van der Waals surface area contributed by atoms with Crippen LogP contribution >= 0.6 is 7.82 Å². The predicted octanol–water partition coefficient (Wildman–Crippen LogP) is 9.50. The standard InChI is InChI=1S/C47H83N2O8P/c1-6-8-10-11-12-13-14-15-16-17-18-19-23-26-32-38-46(52)45(42-57-58(54,55)56-41-40-49(3,4)5)48-47(53)39-33-27-31-37-44(51)36-30-25-22-20-21-24-29-35-43(50)34-28-9-7-2/h9,21-22,24-25,28-32,35-38,43-46,50-52H,6-8,10-20,23,26-27,33-34,39-42H2,1-5H3,(H-,48,53,54,55)/b24-21-,25-22-,28-9-,35-29+,36-30+,37-31-,38-32+/t43-,44-,45-,46+/m0/s1. The van der Waals surface area contributed by atoms with E-state index in [9.17, 15) is 29.6 Å². The monoisotopic (exact) mass is 835 g/mol. The molecule has 5 atom stereocenters. The van der Waals surface area contributed by atoms with Gasteiger partial charge in [-0.25, -0.2) is 0 Å². The number of nitrogens with one attached hydrogen (secondary N) is 1. The number of hydrogen-bond acceptors (Lipinski definition) is 8. The smallest absolute Gasteiger partial charge is 0.268 e. The van der Waals surface area contributed by atoms with Gasteiger partial charge >= 0.3 is 0 Å². The SMILES string of the molecule is CC/C=C\C[C@H](O)/C=C/C=C\C/C=C\C=C\[C@H](O)/C=C\CCCC(=O)N[C@@H](COP(=O)([O-])OCC[N+](C)(C)C)[C@H](O)/C=C/CCCCCCCCCCCCCCC. The minimum atomic E-state index is -4.65. The first kappa shape index (κ1) is 55.6. The lowest BCUT2D eigenvalue weighted by Crippen LogP contribution is -2.45. The van der Waals surface area contributed by atoms with E-state index < -0.39 is 38.8 Å². The van der Waals surface area contributed by atoms with Gasteiger partial charge in [-0.15, -0.1) is 0 Å². The Morgan fingerprint density at radius 2 is 1.26 bits per heavy atom. The number of rotatable bonds is 38. The molecule has 0 spiro atoms. The van der Waals surface area contributed by atoms with Gasteiger partial charge in [0.2, 0.25) is 5.91 Å². The van der Waals surface area contributed by atoms with Crippen LogP contribution in [0.5, 0.6) is 0 Å². The lowest BCUT2D eigenvalue weighted by Gasteiger charge is -2.29. The third-order valence-electron chi connectivity index (χ3n) is 9.29. The fraction of sp³-hybridized carbons (Fsp3) is 0.681. The maximum Gasteiger partial charge on any atom is 0.268 e. The summed E-state index contributed by atoms with van der Waals surface area (Å²) in [7, 11) is 1.12. The molecule has 334 valence electrons. The number of amides is 1. The molecule has 0 bridgehead atoms. The van der Waals surface area contributed by atoms with Gasteiger partial charge in [0.15, 0.2) is 0 Å². The highest BCUT2D eigenvalue weighted by Crippen LogP contribution is 2.38. The van der Waals surface area contributed by atoms with Gasteiger partial charge in [-0.2, -0.15) is 0 Å². The summed E-state index contributed by atoms with van der Waals surface area (Å²) < 4.78 is 23.1. The zero-order valence-electron chi connectivity index (χ0n) is 36.9. The molecule has 0 fully saturated rings. The van der Waals surface area contributed by atoms with Gasteiger partial charge in [-0.3, -0.25) is 9.36 Å². The highest BCUT2D eigenvalue weighted by Gasteiger charge is 2.23. The van der Waals surface area contributed by atoms with Crippen LogP contribution in [0.1, 0.15) is 142 Å². The van der Waals surface area contributed by atoms with Gasteiger partial charge < -0.3 is 39.1 Å². The normalized spacial score (nSPS) is 16.2. The summed E-state index contributed by atoms with van der Waals surface area (Å²) in [6.45, 7) is 4.27. The van der Waals surface area contributed by atoms with E-state index in [1.807, 2.05) is 75.8 Å². The fourth-order valence-electron chi connectivity index (χ4n) is 5.71. The molecule has 0 aromatic rings. The van der Waals surface area contributed by atoms with E-state index in [-0.39, 0.29) is 18.9 Å². The van der Waals surface area contributed by atoms with E-state index >= 15 is 0 Å². The third kappa shape index (κ3) is 39.1. The average molecular weight is 835 g/mol. The molecule has 58 heavy (non-hydrogen) atoms. The Kier molecular flexibility index (Phi) is 36.0. The number of hydrogen-bond donors (Lipinski definition) is 4. The van der Waals surface area contributed by atoms with E-state index in [1.165, 1.54) is 70.6 Å². The molecule has 4 N–H and O–H groups in total. The van der Waals surface area contributed by atoms with Crippen LogP contribution in [0, 0.1) is 0 Å². The number of aliphatic hydroxyl groups is 3. The maximum absolute atomic E-state index is 12.8. The number of allylic oxidation sites excluding steroid dienone is 9. The van der Waals surface area contributed by atoms with Crippen molar-refractivity contribution in [3.8, 4) is 0 Å². The van der Waals surface area contributed by atoms with E-state index in [4.69, 9.17) is 9.05 Å². The molecule has 0 aromatic heterocycles. The first-order valence-corrected chi connectivity index (χ1v) is 23.6. The van der Waals surface area contributed by atoms with Crippen LogP contribution in [-0.2, 0) is 18.4 Å². The molecule has 11 heteroatoms. The lowest BCUT2D eigenvalue weighted by atomic mass is 10.0. The van der Waals surface area contributed by atoms with Crippen molar-refractivity contribution in [1.82, 2.24) is 5.32 Å². The molecule has 0 aliphatic rings. The van der Waals surface area contributed by atoms with Crippen LogP contribution in [0.15, 0.2) is 85.1 Å². The second-order valence-electron chi connectivity index (χ2n) is 16.1. The highest BCUT2D eigenvalue weighted by atomic mass is 31.2. The average Bonchev–Trinajstić information content (AvgIpc) is 3.16. The Hall–Kier alpha value is -2.40. The van der Waals surface area contributed by atoms with E-state index in [0.29, 0.717) is 30.3 Å². The first-order valence-electron chi connectivity index (χ1n) is 22.2. The van der Waals surface area contributed by atoms with Crippen molar-refractivity contribution in [3.63, 3.8) is 0 Å². The highest BCUT2D eigenvalue weighted by molar-refractivity contribution is 7.45. The second kappa shape index (κ2) is 37.6. The van der Waals surface area contributed by atoms with E-state index in [1.54, 1.807) is 30.4 Å². The molecule has 0 radical (unpaired) electrons. The van der Waals surface area contributed by atoms with E-state index in [2.05, 4.69) is 19.2 Å². The van der Waals surface area contributed by atoms with Gasteiger partial charge in [0.1, 0.15) is 13.2 Å². The number of nitrogens with zero attached hydrogens (tertiary/aromatic N) is 1. The first-order chi connectivity index (χ1) is 27.8. The molecule has 0 aliphatic carbocycles. The van der Waals surface area contributed by atoms with Crippen molar-refractivity contribution in [1.29, 1.82) is 0 Å². The molecule has 0 heterocycles. The third-order valence-corrected chi connectivity index (χ3v) is 10.2. The topological polar surface area (TPSA) is 148 Å². The maximum atomic E-state index is 12.8. The molecule has 1 unspecified atom stereocenters. The van der Waals surface area contributed by atoms with E-state index in [0.717, 1.165) is 32.1 Å². The van der Waals surface area contributed by atoms with Gasteiger partial charge in [-0.05, 0) is 44.9 Å². The quantitative estimate of drug-likeness (QED) is 0.0158. The molecular formula is C47H83N2O8P. The summed E-state index contributed by atoms with van der Waals surface area (Å²) in [5.41, 5.74) is 0. The summed E-state index contributed by atoms with van der Waals surface area (Å²) in [5, 5.41) is 33.7. The van der Waals surface area contributed by atoms with Gasteiger partial charge in [-0.1, -0.05) is 176 Å². The molecular weight excluding hydrogens is 751 g/mol. The molecule has 0 rings (SSSR count). The number of phosphoric ester groups is 1.